The Morgan fingerprint density at radius 1 is 0.958 bits per heavy atom. The van der Waals surface area contributed by atoms with E-state index in [1.54, 1.807) is 0 Å². The first-order chi connectivity index (χ1) is 11.7. The summed E-state index contributed by atoms with van der Waals surface area (Å²) in [6.45, 7) is 3.18. The number of aliphatic hydroxyl groups excluding tert-OH is 1. The molecule has 0 unspecified atom stereocenters. The molecule has 5 nitrogen and oxygen atoms in total. The van der Waals surface area contributed by atoms with Crippen LogP contribution < -0.4 is 10.6 Å². The predicted octanol–water partition coefficient (Wildman–Crippen LogP) is 2.78. The van der Waals surface area contributed by atoms with Crippen LogP contribution in [0, 0.1) is 0 Å². The zero-order chi connectivity index (χ0) is 16.8. The maximum atomic E-state index is 12.4. The monoisotopic (exact) mass is 337 g/mol. The highest BCUT2D eigenvalue weighted by molar-refractivity contribution is 5.74. The molecule has 0 spiro atoms. The molecule has 1 heterocycles. The van der Waals surface area contributed by atoms with Crippen LogP contribution in [-0.2, 0) is 0 Å². The lowest BCUT2D eigenvalue weighted by Crippen LogP contribution is -2.59. The van der Waals surface area contributed by atoms with Gasteiger partial charge in [0.15, 0.2) is 0 Å². The van der Waals surface area contributed by atoms with Crippen LogP contribution >= 0.6 is 0 Å². The fourth-order valence-electron chi connectivity index (χ4n) is 4.88. The molecule has 0 radical (unpaired) electrons. The molecular formula is C19H35N3O2. The summed E-state index contributed by atoms with van der Waals surface area (Å²) in [4.78, 5) is 15.0. The first-order valence-corrected chi connectivity index (χ1v) is 10.2. The summed E-state index contributed by atoms with van der Waals surface area (Å²) in [6.07, 6.45) is 13.6. The van der Waals surface area contributed by atoms with Crippen molar-refractivity contribution >= 4 is 6.03 Å². The Morgan fingerprint density at radius 2 is 1.58 bits per heavy atom. The predicted molar refractivity (Wildman–Crippen MR) is 96.0 cm³/mol. The largest absolute Gasteiger partial charge is 0.393 e. The summed E-state index contributed by atoms with van der Waals surface area (Å²) in [5.41, 5.74) is 0.193. The lowest BCUT2D eigenvalue weighted by Gasteiger charge is -2.48. The Bertz CT molecular complexity index is 395. The van der Waals surface area contributed by atoms with Crippen molar-refractivity contribution < 1.29 is 9.90 Å². The van der Waals surface area contributed by atoms with E-state index in [0.717, 1.165) is 32.2 Å². The summed E-state index contributed by atoms with van der Waals surface area (Å²) >= 11 is 0. The quantitative estimate of drug-likeness (QED) is 0.739. The van der Waals surface area contributed by atoms with Gasteiger partial charge in [0.1, 0.15) is 0 Å². The molecule has 2 amide bonds. The van der Waals surface area contributed by atoms with Gasteiger partial charge in [-0.3, -0.25) is 4.90 Å². The van der Waals surface area contributed by atoms with Gasteiger partial charge in [-0.2, -0.15) is 0 Å². The first-order valence-electron chi connectivity index (χ1n) is 10.2. The Morgan fingerprint density at radius 3 is 2.25 bits per heavy atom. The van der Waals surface area contributed by atoms with E-state index in [4.69, 9.17) is 0 Å². The fourth-order valence-corrected chi connectivity index (χ4v) is 4.88. The highest BCUT2D eigenvalue weighted by Gasteiger charge is 2.38. The Labute approximate surface area is 146 Å². The molecule has 1 saturated heterocycles. The molecule has 5 heteroatoms. The van der Waals surface area contributed by atoms with E-state index in [0.29, 0.717) is 0 Å². The first kappa shape index (κ1) is 18.0. The summed E-state index contributed by atoms with van der Waals surface area (Å²) < 4.78 is 0. The minimum absolute atomic E-state index is 0.0154. The Kier molecular flexibility index (Phi) is 6.39. The van der Waals surface area contributed by atoms with Crippen molar-refractivity contribution in [2.75, 3.05) is 19.6 Å². The van der Waals surface area contributed by atoms with Crippen molar-refractivity contribution in [3.63, 3.8) is 0 Å². The smallest absolute Gasteiger partial charge is 0.315 e. The molecule has 0 aromatic heterocycles. The molecule has 0 aromatic rings. The number of hydrogen-bond donors (Lipinski definition) is 3. The van der Waals surface area contributed by atoms with Crippen LogP contribution in [0.3, 0.4) is 0 Å². The standard InChI is InChI=1S/C19H35N3O2/c23-17-9-7-16(8-10-17)21-18(24)20-15-19(11-3-1-4-12-19)22-13-5-2-6-14-22/h16-17,23H,1-15H2,(H2,20,21,24). The molecule has 0 aromatic carbocycles. The van der Waals surface area contributed by atoms with Crippen LogP contribution in [0.1, 0.15) is 77.0 Å². The van der Waals surface area contributed by atoms with E-state index >= 15 is 0 Å². The molecule has 0 atom stereocenters. The zero-order valence-electron chi connectivity index (χ0n) is 15.1. The van der Waals surface area contributed by atoms with E-state index < -0.39 is 0 Å². The summed E-state index contributed by atoms with van der Waals surface area (Å²) in [6, 6.07) is 0.212. The van der Waals surface area contributed by atoms with E-state index in [1.165, 1.54) is 64.5 Å². The SMILES string of the molecule is O=C(NCC1(N2CCCCC2)CCCCC1)NC1CCC(O)CC1. The number of nitrogens with one attached hydrogen (secondary N) is 2. The van der Waals surface area contributed by atoms with Crippen molar-refractivity contribution in [2.45, 2.75) is 94.7 Å². The number of carbonyl (C=O) groups is 1. The average molecular weight is 338 g/mol. The second-order valence-corrected chi connectivity index (χ2v) is 8.17. The van der Waals surface area contributed by atoms with Crippen molar-refractivity contribution in [3.05, 3.63) is 0 Å². The highest BCUT2D eigenvalue weighted by atomic mass is 16.3. The molecule has 0 bridgehead atoms. The molecule has 2 saturated carbocycles. The van der Waals surface area contributed by atoms with Gasteiger partial charge in [-0.15, -0.1) is 0 Å². The van der Waals surface area contributed by atoms with Gasteiger partial charge >= 0.3 is 6.03 Å². The number of nitrogens with zero attached hydrogens (tertiary/aromatic N) is 1. The second kappa shape index (κ2) is 8.52. The van der Waals surface area contributed by atoms with Crippen LogP contribution in [0.15, 0.2) is 0 Å². The minimum atomic E-state index is -0.171. The molecule has 3 fully saturated rings. The summed E-state index contributed by atoms with van der Waals surface area (Å²) in [7, 11) is 0. The van der Waals surface area contributed by atoms with Gasteiger partial charge in [-0.25, -0.2) is 4.79 Å². The number of piperidine rings is 1. The van der Waals surface area contributed by atoms with Gasteiger partial charge in [0.05, 0.1) is 6.10 Å². The lowest BCUT2D eigenvalue weighted by atomic mass is 9.79. The van der Waals surface area contributed by atoms with E-state index in [1.807, 2.05) is 0 Å². The Balaban J connectivity index is 1.50. The van der Waals surface area contributed by atoms with Gasteiger partial charge in [-0.05, 0) is 64.5 Å². The van der Waals surface area contributed by atoms with Crippen LogP contribution in [-0.4, -0.2) is 53.4 Å². The van der Waals surface area contributed by atoms with E-state index in [9.17, 15) is 9.90 Å². The number of urea groups is 1. The maximum Gasteiger partial charge on any atom is 0.315 e. The fraction of sp³-hybridized carbons (Fsp3) is 0.947. The van der Waals surface area contributed by atoms with Crippen molar-refractivity contribution in [1.29, 1.82) is 0 Å². The molecule has 138 valence electrons. The van der Waals surface area contributed by atoms with Gasteiger partial charge in [-0.1, -0.05) is 25.7 Å². The second-order valence-electron chi connectivity index (χ2n) is 8.17. The number of likely N-dealkylation sites (tertiary alicyclic amines) is 1. The number of aliphatic hydroxyl groups is 1. The summed E-state index contributed by atoms with van der Waals surface area (Å²) in [5, 5.41) is 15.9. The third-order valence-corrected chi connectivity index (χ3v) is 6.42. The third kappa shape index (κ3) is 4.63. The molecule has 2 aliphatic carbocycles. The number of hydrogen-bond acceptors (Lipinski definition) is 3. The van der Waals surface area contributed by atoms with Crippen LogP contribution in [0.2, 0.25) is 0 Å². The molecule has 3 rings (SSSR count). The molecule has 24 heavy (non-hydrogen) atoms. The maximum absolute atomic E-state index is 12.4. The molecule has 3 N–H and O–H groups in total. The molecular weight excluding hydrogens is 302 g/mol. The zero-order valence-corrected chi connectivity index (χ0v) is 15.1. The average Bonchev–Trinajstić information content (AvgIpc) is 2.63. The van der Waals surface area contributed by atoms with E-state index in [2.05, 4.69) is 15.5 Å². The van der Waals surface area contributed by atoms with Crippen LogP contribution in [0.4, 0.5) is 4.79 Å². The van der Waals surface area contributed by atoms with Crippen LogP contribution in [0.5, 0.6) is 0 Å². The molecule has 1 aliphatic heterocycles. The van der Waals surface area contributed by atoms with Gasteiger partial charge < -0.3 is 15.7 Å². The normalized spacial score (nSPS) is 31.4. The van der Waals surface area contributed by atoms with Gasteiger partial charge in [0.25, 0.3) is 0 Å². The van der Waals surface area contributed by atoms with Gasteiger partial charge in [0, 0.05) is 18.1 Å². The Hall–Kier alpha value is -0.810. The highest BCUT2D eigenvalue weighted by Crippen LogP contribution is 2.35. The van der Waals surface area contributed by atoms with Crippen molar-refractivity contribution in [1.82, 2.24) is 15.5 Å². The lowest BCUT2D eigenvalue weighted by molar-refractivity contribution is 0.0352. The van der Waals surface area contributed by atoms with Crippen molar-refractivity contribution in [2.24, 2.45) is 0 Å². The third-order valence-electron chi connectivity index (χ3n) is 6.42. The van der Waals surface area contributed by atoms with Crippen LogP contribution in [0.25, 0.3) is 0 Å². The number of carbonyl (C=O) groups excluding carboxylic acids is 1. The number of rotatable bonds is 4. The van der Waals surface area contributed by atoms with Crippen molar-refractivity contribution in [3.8, 4) is 0 Å². The molecule has 3 aliphatic rings. The number of amides is 2. The minimum Gasteiger partial charge on any atom is -0.393 e. The topological polar surface area (TPSA) is 64.6 Å². The summed E-state index contributed by atoms with van der Waals surface area (Å²) in [5.74, 6) is 0. The van der Waals surface area contributed by atoms with E-state index in [-0.39, 0.29) is 23.7 Å². The van der Waals surface area contributed by atoms with Gasteiger partial charge in [0.2, 0.25) is 0 Å².